The van der Waals surface area contributed by atoms with Gasteiger partial charge in [-0.3, -0.25) is 19.0 Å². The van der Waals surface area contributed by atoms with E-state index in [1.165, 1.54) is 33.4 Å². The van der Waals surface area contributed by atoms with Gasteiger partial charge < -0.3 is 29.5 Å². The summed E-state index contributed by atoms with van der Waals surface area (Å²) in [5.41, 5.74) is 13.8. The monoisotopic (exact) mass is 979 g/mol. The third-order valence-corrected chi connectivity index (χ3v) is 15.3. The number of nitrogens with zero attached hydrogens (tertiary/aromatic N) is 4. The van der Waals surface area contributed by atoms with Gasteiger partial charge in [-0.15, -0.1) is 0 Å². The molecule has 2 aromatic heterocycles. The molecule has 5 unspecified atom stereocenters. The van der Waals surface area contributed by atoms with Crippen LogP contribution in [0.5, 0.6) is 11.5 Å². The number of carboxylic acid groups (broad SMARTS) is 2. The SMILES string of the molecule is CO.COC(c1cc(COc2ccc3c(c2)C2(CCC3)CC2C(=O)O)ccc1-c1cnn(C)c1)C(C)(C)C.Cn1cc(-c2ccc(COc3ccc4c(c3)C3(CCC4)CC3C(=O)O)cc2CC(C)(C)C)cn1. The van der Waals surface area contributed by atoms with Crippen LogP contribution in [0.4, 0.5) is 0 Å². The van der Waals surface area contributed by atoms with Gasteiger partial charge >= 0.3 is 11.9 Å². The van der Waals surface area contributed by atoms with Gasteiger partial charge in [0.05, 0.1) is 30.3 Å². The molecule has 2 saturated carbocycles. The molecule has 2 heterocycles. The first-order chi connectivity index (χ1) is 34.3. The van der Waals surface area contributed by atoms with Gasteiger partial charge in [-0.1, -0.05) is 84.0 Å². The number of carboxylic acids is 2. The third kappa shape index (κ3) is 11.0. The normalized spacial score (nSPS) is 21.0. The van der Waals surface area contributed by atoms with E-state index in [-0.39, 0.29) is 39.6 Å². The fourth-order valence-electron chi connectivity index (χ4n) is 11.8. The third-order valence-electron chi connectivity index (χ3n) is 15.3. The van der Waals surface area contributed by atoms with E-state index in [1.807, 2.05) is 54.2 Å². The van der Waals surface area contributed by atoms with Crippen molar-refractivity contribution in [2.45, 2.75) is 129 Å². The zero-order valence-electron chi connectivity index (χ0n) is 43.9. The number of aliphatic hydroxyl groups is 1. The minimum atomic E-state index is -0.679. The number of aliphatic hydroxyl groups excluding tert-OH is 1. The van der Waals surface area contributed by atoms with Crippen molar-refractivity contribution in [3.63, 3.8) is 0 Å². The number of rotatable bonds is 13. The molecule has 12 heteroatoms. The number of fused-ring (bicyclic) bond motifs is 4. The van der Waals surface area contributed by atoms with Crippen LogP contribution in [0.25, 0.3) is 22.3 Å². The fourth-order valence-corrected chi connectivity index (χ4v) is 11.8. The molecule has 2 spiro atoms. The molecule has 4 aromatic carbocycles. The number of benzene rings is 4. The Morgan fingerprint density at radius 3 is 1.57 bits per heavy atom. The van der Waals surface area contributed by atoms with Gasteiger partial charge in [0.2, 0.25) is 0 Å². The summed E-state index contributed by atoms with van der Waals surface area (Å²) < 4.78 is 22.2. The van der Waals surface area contributed by atoms with Gasteiger partial charge in [0.15, 0.2) is 0 Å². The van der Waals surface area contributed by atoms with Gasteiger partial charge in [-0.25, -0.2) is 0 Å². The Morgan fingerprint density at radius 2 is 1.15 bits per heavy atom. The number of ether oxygens (including phenoxy) is 3. The zero-order chi connectivity index (χ0) is 51.8. The van der Waals surface area contributed by atoms with Crippen molar-refractivity contribution in [2.24, 2.45) is 36.8 Å². The summed E-state index contributed by atoms with van der Waals surface area (Å²) in [5, 5.41) is 34.9. The molecule has 0 saturated heterocycles. The van der Waals surface area contributed by atoms with E-state index >= 15 is 0 Å². The van der Waals surface area contributed by atoms with Crippen molar-refractivity contribution >= 4 is 11.9 Å². The summed E-state index contributed by atoms with van der Waals surface area (Å²) in [7, 11) is 6.63. The van der Waals surface area contributed by atoms with Crippen LogP contribution in [0.3, 0.4) is 0 Å². The maximum absolute atomic E-state index is 11.7. The predicted molar refractivity (Wildman–Crippen MR) is 280 cm³/mol. The molecule has 0 radical (unpaired) electrons. The summed E-state index contributed by atoms with van der Waals surface area (Å²) in [5.74, 6) is -0.242. The van der Waals surface area contributed by atoms with Crippen LogP contribution < -0.4 is 9.47 Å². The number of aromatic nitrogens is 4. The molecule has 0 amide bonds. The molecular formula is C60H74N4O8. The van der Waals surface area contributed by atoms with Crippen LogP contribution >= 0.6 is 0 Å². The number of methoxy groups -OCH3 is 1. The molecule has 10 rings (SSSR count). The van der Waals surface area contributed by atoms with E-state index < -0.39 is 11.9 Å². The van der Waals surface area contributed by atoms with Gasteiger partial charge in [0.1, 0.15) is 24.7 Å². The average Bonchev–Trinajstić information content (AvgIpc) is 4.13. The lowest BCUT2D eigenvalue weighted by Crippen LogP contribution is -2.21. The summed E-state index contributed by atoms with van der Waals surface area (Å²) >= 11 is 0. The lowest BCUT2D eigenvalue weighted by atomic mass is 9.78. The smallest absolute Gasteiger partial charge is 0.307 e. The second kappa shape index (κ2) is 20.7. The van der Waals surface area contributed by atoms with E-state index in [0.717, 1.165) is 110 Å². The Morgan fingerprint density at radius 1 is 0.681 bits per heavy atom. The van der Waals surface area contributed by atoms with Gasteiger partial charge in [0.25, 0.3) is 0 Å². The van der Waals surface area contributed by atoms with Crippen molar-refractivity contribution in [1.82, 2.24) is 19.6 Å². The van der Waals surface area contributed by atoms with Crippen molar-refractivity contribution < 1.29 is 39.1 Å². The maximum Gasteiger partial charge on any atom is 0.307 e. The fraction of sp³-hybridized carbons (Fsp3) is 0.467. The molecule has 6 aromatic rings. The van der Waals surface area contributed by atoms with Crippen molar-refractivity contribution in [3.05, 3.63) is 142 Å². The van der Waals surface area contributed by atoms with Crippen LogP contribution in [0.2, 0.25) is 0 Å². The van der Waals surface area contributed by atoms with Crippen molar-refractivity contribution in [3.8, 4) is 33.8 Å². The molecule has 72 heavy (non-hydrogen) atoms. The van der Waals surface area contributed by atoms with Crippen LogP contribution in [-0.2, 0) is 71.7 Å². The number of carbonyl (C=O) groups is 2. The van der Waals surface area contributed by atoms with Crippen LogP contribution in [0.1, 0.15) is 131 Å². The lowest BCUT2D eigenvalue weighted by molar-refractivity contribution is -0.140. The average molecular weight is 979 g/mol. The highest BCUT2D eigenvalue weighted by Gasteiger charge is 2.61. The van der Waals surface area contributed by atoms with Crippen LogP contribution in [0.15, 0.2) is 97.6 Å². The maximum atomic E-state index is 11.7. The van der Waals surface area contributed by atoms with E-state index in [2.05, 4.69) is 119 Å². The zero-order valence-corrected chi connectivity index (χ0v) is 43.9. The highest BCUT2D eigenvalue weighted by atomic mass is 16.5. The highest BCUT2D eigenvalue weighted by molar-refractivity contribution is 5.79. The van der Waals surface area contributed by atoms with E-state index in [1.54, 1.807) is 7.11 Å². The van der Waals surface area contributed by atoms with Gasteiger partial charge in [0, 0.05) is 62.7 Å². The number of aryl methyl sites for hydroxylation is 4. The Kier molecular flexibility index (Phi) is 15.0. The molecule has 5 atom stereocenters. The van der Waals surface area contributed by atoms with Gasteiger partial charge in [-0.2, -0.15) is 10.2 Å². The van der Waals surface area contributed by atoms with Crippen molar-refractivity contribution in [2.75, 3.05) is 14.2 Å². The summed E-state index contributed by atoms with van der Waals surface area (Å²) in [6.45, 7) is 14.2. The summed E-state index contributed by atoms with van der Waals surface area (Å²) in [6, 6.07) is 25.5. The van der Waals surface area contributed by atoms with E-state index in [9.17, 15) is 19.8 Å². The number of aliphatic carboxylic acids is 2. The first-order valence-corrected chi connectivity index (χ1v) is 25.5. The first-order valence-electron chi connectivity index (χ1n) is 25.5. The molecule has 2 fully saturated rings. The minimum absolute atomic E-state index is 0.0943. The lowest BCUT2D eigenvalue weighted by Gasteiger charge is -2.31. The van der Waals surface area contributed by atoms with E-state index in [4.69, 9.17) is 19.3 Å². The van der Waals surface area contributed by atoms with Crippen molar-refractivity contribution in [1.29, 1.82) is 0 Å². The second-order valence-corrected chi connectivity index (χ2v) is 22.9. The Hall–Kier alpha value is -6.24. The molecule has 4 aliphatic carbocycles. The summed E-state index contributed by atoms with van der Waals surface area (Å²) in [4.78, 5) is 23.4. The molecular weight excluding hydrogens is 905 g/mol. The van der Waals surface area contributed by atoms with Crippen LogP contribution in [0, 0.1) is 22.7 Å². The molecule has 382 valence electrons. The largest absolute Gasteiger partial charge is 0.489 e. The molecule has 12 nitrogen and oxygen atoms in total. The molecule has 4 aliphatic rings. The Bertz CT molecular complexity index is 2920. The van der Waals surface area contributed by atoms with E-state index in [0.29, 0.717) is 13.2 Å². The van der Waals surface area contributed by atoms with Crippen LogP contribution in [-0.4, -0.2) is 61.0 Å². The Balaban J connectivity index is 0.000000187. The summed E-state index contributed by atoms with van der Waals surface area (Å²) in [6.07, 6.45) is 16.3. The highest BCUT2D eigenvalue weighted by Crippen LogP contribution is 2.62. The minimum Gasteiger partial charge on any atom is -0.489 e. The molecule has 0 aliphatic heterocycles. The standard InChI is InChI=1S/C30H36N2O4.C29H34N2O3.CH4O/c1-29(2,3)27(35-5)24-13-19(8-11-23(24)21-16-31-32(4)17-21)18-36-22-10-9-20-7-6-12-30(25(20)14-22)15-26(30)28(33)34;1-28(2,3)14-21-12-19(7-10-24(21)22-16-30-31(4)17-22)18-34-23-9-8-20-6-5-11-29(25(20)13-23)15-26(29)27(32)33;1-2/h8-11,13-14,16-17,26-27H,6-7,12,15,18H2,1-5H3,(H,33,34);7-10,12-13,16-17,26H,5-6,11,14-15,18H2,1-4H3,(H,32,33);2H,1H3. The topological polar surface area (TPSA) is 158 Å². The van der Waals surface area contributed by atoms with Gasteiger partial charge in [-0.05, 0) is 155 Å². The number of hydrogen-bond acceptors (Lipinski definition) is 8. The Labute approximate surface area is 425 Å². The predicted octanol–water partition coefficient (Wildman–Crippen LogP) is 11.6. The number of hydrogen-bond donors (Lipinski definition) is 3. The molecule has 0 bridgehead atoms. The molecule has 3 N–H and O–H groups in total. The first kappa shape index (κ1) is 52.1. The quantitative estimate of drug-likeness (QED) is 0.102. The second-order valence-electron chi connectivity index (χ2n) is 22.9.